The maximum atomic E-state index is 12.7. The molecule has 0 saturated heterocycles. The summed E-state index contributed by atoms with van der Waals surface area (Å²) in [7, 11) is 0. The minimum absolute atomic E-state index is 0.165. The van der Waals surface area contributed by atoms with Crippen molar-refractivity contribution >= 4 is 28.2 Å². The number of aryl methyl sites for hydroxylation is 2. The first-order chi connectivity index (χ1) is 13.5. The minimum Gasteiger partial charge on any atom is -0.477 e. The highest BCUT2D eigenvalue weighted by Crippen LogP contribution is 2.43. The van der Waals surface area contributed by atoms with Gasteiger partial charge in [-0.2, -0.15) is 0 Å². The van der Waals surface area contributed by atoms with Crippen LogP contribution < -0.4 is 5.43 Å². The molecule has 1 saturated carbocycles. The second-order valence-electron chi connectivity index (χ2n) is 7.86. The number of carbonyl (C=O) groups is 1. The van der Waals surface area contributed by atoms with Crippen LogP contribution in [0.4, 0.5) is 0 Å². The monoisotopic (exact) mass is 395 g/mol. The van der Waals surface area contributed by atoms with Gasteiger partial charge in [-0.05, 0) is 67.9 Å². The largest absolute Gasteiger partial charge is 0.477 e. The molecular weight excluding hydrogens is 374 g/mol. The molecule has 0 radical (unpaired) electrons. The summed E-state index contributed by atoms with van der Waals surface area (Å²) < 4.78 is 1.99. The Morgan fingerprint density at radius 1 is 1.25 bits per heavy atom. The van der Waals surface area contributed by atoms with Crippen LogP contribution in [0.5, 0.6) is 0 Å². The SMILES string of the molecule is Cc1c(-c2cc3c(s2)C(O)CCC3)ccc2c(=O)c(C(=O)O)cn(C3CC3)c12. The van der Waals surface area contributed by atoms with Crippen LogP contribution in [0, 0.1) is 6.92 Å². The molecule has 3 aromatic rings. The van der Waals surface area contributed by atoms with E-state index in [2.05, 4.69) is 6.07 Å². The first-order valence-electron chi connectivity index (χ1n) is 9.68. The Kier molecular flexibility index (Phi) is 3.96. The number of aliphatic hydroxyl groups excluding tert-OH is 1. The zero-order chi connectivity index (χ0) is 19.6. The van der Waals surface area contributed by atoms with Crippen molar-refractivity contribution in [3.8, 4) is 10.4 Å². The fourth-order valence-corrected chi connectivity index (χ4v) is 5.67. The van der Waals surface area contributed by atoms with Crippen molar-refractivity contribution < 1.29 is 15.0 Å². The van der Waals surface area contributed by atoms with E-state index in [1.165, 1.54) is 11.8 Å². The molecule has 28 heavy (non-hydrogen) atoms. The molecule has 2 N–H and O–H groups in total. The standard InChI is InChI=1S/C22H21NO4S/c1-11-14(18-9-12-3-2-4-17(24)21(12)28-18)7-8-15-19(11)23(13-5-6-13)10-16(20(15)25)22(26)27/h7-10,13,17,24H,2-6H2,1H3,(H,26,27). The van der Waals surface area contributed by atoms with Gasteiger partial charge in [-0.3, -0.25) is 4.79 Å². The van der Waals surface area contributed by atoms with E-state index in [4.69, 9.17) is 0 Å². The minimum atomic E-state index is -1.18. The molecule has 144 valence electrons. The Bertz CT molecular complexity index is 1190. The Morgan fingerprint density at radius 3 is 2.71 bits per heavy atom. The van der Waals surface area contributed by atoms with E-state index in [0.29, 0.717) is 5.39 Å². The van der Waals surface area contributed by atoms with Gasteiger partial charge in [0, 0.05) is 27.4 Å². The molecule has 1 aromatic carbocycles. The van der Waals surface area contributed by atoms with E-state index >= 15 is 0 Å². The zero-order valence-electron chi connectivity index (χ0n) is 15.6. The number of pyridine rings is 1. The summed E-state index contributed by atoms with van der Waals surface area (Å²) in [6.45, 7) is 2.01. The number of carboxylic acid groups (broad SMARTS) is 1. The second-order valence-corrected chi connectivity index (χ2v) is 8.94. The van der Waals surface area contributed by atoms with Gasteiger partial charge in [-0.1, -0.05) is 6.07 Å². The van der Waals surface area contributed by atoms with Crippen molar-refractivity contribution in [2.24, 2.45) is 0 Å². The van der Waals surface area contributed by atoms with Crippen molar-refractivity contribution in [1.29, 1.82) is 0 Å². The van der Waals surface area contributed by atoms with Crippen LogP contribution in [-0.2, 0) is 6.42 Å². The van der Waals surface area contributed by atoms with Gasteiger partial charge in [0.25, 0.3) is 0 Å². The lowest BCUT2D eigenvalue weighted by molar-refractivity contribution is 0.0695. The molecule has 2 aliphatic rings. The number of nitrogens with zero attached hydrogens (tertiary/aromatic N) is 1. The molecule has 1 atom stereocenters. The second kappa shape index (κ2) is 6.29. The van der Waals surface area contributed by atoms with Crippen molar-refractivity contribution in [1.82, 2.24) is 4.57 Å². The Morgan fingerprint density at radius 2 is 2.04 bits per heavy atom. The molecule has 0 spiro atoms. The van der Waals surface area contributed by atoms with E-state index in [-0.39, 0.29) is 17.7 Å². The molecule has 1 unspecified atom stereocenters. The van der Waals surface area contributed by atoms with E-state index < -0.39 is 11.4 Å². The maximum Gasteiger partial charge on any atom is 0.341 e. The highest BCUT2D eigenvalue weighted by atomic mass is 32.1. The number of carboxylic acids is 1. The molecule has 0 bridgehead atoms. The summed E-state index contributed by atoms with van der Waals surface area (Å²) in [5.41, 5.74) is 3.51. The summed E-state index contributed by atoms with van der Waals surface area (Å²) in [6, 6.07) is 6.11. The van der Waals surface area contributed by atoms with E-state index in [1.54, 1.807) is 17.4 Å². The van der Waals surface area contributed by atoms with Gasteiger partial charge in [0.2, 0.25) is 5.43 Å². The third kappa shape index (κ3) is 2.63. The normalized spacial score (nSPS) is 19.0. The lowest BCUT2D eigenvalue weighted by atomic mass is 9.95. The Balaban J connectivity index is 1.76. The van der Waals surface area contributed by atoms with Crippen LogP contribution in [0.1, 0.15) is 64.2 Å². The molecule has 5 nitrogen and oxygen atoms in total. The Hall–Kier alpha value is -2.44. The molecule has 2 aliphatic carbocycles. The number of rotatable bonds is 3. The van der Waals surface area contributed by atoms with Crippen molar-refractivity contribution in [3.63, 3.8) is 0 Å². The third-order valence-electron chi connectivity index (χ3n) is 5.95. The van der Waals surface area contributed by atoms with Gasteiger partial charge in [-0.25, -0.2) is 4.79 Å². The van der Waals surface area contributed by atoms with Crippen molar-refractivity contribution in [2.45, 2.75) is 51.2 Å². The summed E-state index contributed by atoms with van der Waals surface area (Å²) in [5.74, 6) is -1.18. The van der Waals surface area contributed by atoms with E-state index in [9.17, 15) is 19.8 Å². The molecular formula is C22H21NO4S. The fraction of sp³-hybridized carbons (Fsp3) is 0.364. The van der Waals surface area contributed by atoms with Crippen LogP contribution in [0.2, 0.25) is 0 Å². The van der Waals surface area contributed by atoms with E-state index in [0.717, 1.165) is 58.5 Å². The highest BCUT2D eigenvalue weighted by molar-refractivity contribution is 7.15. The van der Waals surface area contributed by atoms with Crippen LogP contribution in [0.3, 0.4) is 0 Å². The summed E-state index contributed by atoms with van der Waals surface area (Å²) in [6.07, 6.45) is 5.93. The Labute approximate surface area is 165 Å². The topological polar surface area (TPSA) is 79.5 Å². The molecule has 1 fully saturated rings. The predicted molar refractivity (Wildman–Crippen MR) is 109 cm³/mol. The van der Waals surface area contributed by atoms with E-state index in [1.807, 2.05) is 17.6 Å². The first kappa shape index (κ1) is 17.6. The quantitative estimate of drug-likeness (QED) is 0.687. The maximum absolute atomic E-state index is 12.7. The predicted octanol–water partition coefficient (Wildman–Crippen LogP) is 4.44. The average molecular weight is 395 g/mol. The molecule has 0 aliphatic heterocycles. The van der Waals surface area contributed by atoms with Crippen LogP contribution in [-0.4, -0.2) is 20.7 Å². The van der Waals surface area contributed by atoms with Crippen LogP contribution in [0.25, 0.3) is 21.3 Å². The number of thiophene rings is 1. The van der Waals surface area contributed by atoms with Gasteiger partial charge in [-0.15, -0.1) is 11.3 Å². The number of aromatic nitrogens is 1. The average Bonchev–Trinajstić information content (AvgIpc) is 3.41. The molecule has 2 heterocycles. The number of fused-ring (bicyclic) bond motifs is 2. The molecule has 6 heteroatoms. The molecule has 5 rings (SSSR count). The highest BCUT2D eigenvalue weighted by Gasteiger charge is 2.28. The fourth-order valence-electron chi connectivity index (χ4n) is 4.35. The number of hydrogen-bond acceptors (Lipinski definition) is 4. The summed E-state index contributed by atoms with van der Waals surface area (Å²) in [4.78, 5) is 26.4. The molecule has 0 amide bonds. The van der Waals surface area contributed by atoms with Gasteiger partial charge >= 0.3 is 5.97 Å². The zero-order valence-corrected chi connectivity index (χ0v) is 16.4. The van der Waals surface area contributed by atoms with Crippen LogP contribution >= 0.6 is 11.3 Å². The summed E-state index contributed by atoms with van der Waals surface area (Å²) >= 11 is 1.63. The van der Waals surface area contributed by atoms with Crippen molar-refractivity contribution in [3.05, 3.63) is 56.2 Å². The number of benzene rings is 1. The third-order valence-corrected chi connectivity index (χ3v) is 7.26. The van der Waals surface area contributed by atoms with Crippen molar-refractivity contribution in [2.75, 3.05) is 0 Å². The van der Waals surface area contributed by atoms with Crippen LogP contribution in [0.15, 0.2) is 29.2 Å². The smallest absolute Gasteiger partial charge is 0.341 e. The van der Waals surface area contributed by atoms with Gasteiger partial charge in [0.05, 0.1) is 11.6 Å². The first-order valence-corrected chi connectivity index (χ1v) is 10.5. The lowest BCUT2D eigenvalue weighted by Gasteiger charge is -2.16. The van der Waals surface area contributed by atoms with Gasteiger partial charge in [0.15, 0.2) is 0 Å². The molecule has 2 aromatic heterocycles. The lowest BCUT2D eigenvalue weighted by Crippen LogP contribution is -2.19. The summed E-state index contributed by atoms with van der Waals surface area (Å²) in [5, 5.41) is 20.2. The number of aliphatic hydroxyl groups is 1. The van der Waals surface area contributed by atoms with Gasteiger partial charge < -0.3 is 14.8 Å². The van der Waals surface area contributed by atoms with Gasteiger partial charge in [0.1, 0.15) is 5.56 Å². The number of aromatic carboxylic acids is 1. The number of hydrogen-bond donors (Lipinski definition) is 2.